The molecule has 2 heterocycles. The van der Waals surface area contributed by atoms with Gasteiger partial charge in [-0.1, -0.05) is 34.4 Å². The fourth-order valence-corrected chi connectivity index (χ4v) is 5.16. The Morgan fingerprint density at radius 3 is 2.46 bits per heavy atom. The van der Waals surface area contributed by atoms with Crippen molar-refractivity contribution in [1.29, 1.82) is 0 Å². The lowest BCUT2D eigenvalue weighted by atomic mass is 9.86. The second-order valence-corrected chi connectivity index (χ2v) is 10.3. The summed E-state index contributed by atoms with van der Waals surface area (Å²) in [5.74, 6) is -0.765. The van der Waals surface area contributed by atoms with E-state index in [0.717, 1.165) is 31.4 Å². The number of alkyl halides is 3. The van der Waals surface area contributed by atoms with Gasteiger partial charge < -0.3 is 10.2 Å². The number of amides is 2. The molecule has 5 rings (SSSR count). The molecule has 2 fully saturated rings. The van der Waals surface area contributed by atoms with E-state index in [1.165, 1.54) is 23.3 Å². The Morgan fingerprint density at radius 2 is 1.86 bits per heavy atom. The van der Waals surface area contributed by atoms with Crippen LogP contribution in [-0.4, -0.2) is 47.5 Å². The normalized spacial score (nSPS) is 24.1. The molecule has 2 atom stereocenters. The minimum atomic E-state index is -4.82. The second kappa shape index (κ2) is 9.49. The zero-order valence-electron chi connectivity index (χ0n) is 19.6. The van der Waals surface area contributed by atoms with Crippen LogP contribution in [0.2, 0.25) is 10.0 Å². The number of benzene rings is 2. The average molecular weight is 556 g/mol. The average Bonchev–Trinajstić information content (AvgIpc) is 3.38. The third-order valence-electron chi connectivity index (χ3n) is 6.93. The topological polar surface area (TPSA) is 80.2 Å². The minimum absolute atomic E-state index is 0.0383. The van der Waals surface area contributed by atoms with E-state index in [0.29, 0.717) is 11.1 Å². The van der Waals surface area contributed by atoms with Gasteiger partial charge in [-0.25, -0.2) is 5.06 Å². The van der Waals surface area contributed by atoms with E-state index >= 15 is 0 Å². The Balaban J connectivity index is 1.33. The van der Waals surface area contributed by atoms with Gasteiger partial charge in [0, 0.05) is 27.6 Å². The van der Waals surface area contributed by atoms with Gasteiger partial charge in [-0.15, -0.1) is 0 Å². The van der Waals surface area contributed by atoms with Crippen LogP contribution in [0.4, 0.5) is 13.2 Å². The summed E-state index contributed by atoms with van der Waals surface area (Å²) in [4.78, 5) is 35.9. The van der Waals surface area contributed by atoms with Crippen LogP contribution in [-0.2, 0) is 20.1 Å². The van der Waals surface area contributed by atoms with E-state index in [-0.39, 0.29) is 45.4 Å². The number of carbonyl (C=O) groups excluding carboxylic acids is 2. The van der Waals surface area contributed by atoms with Crippen molar-refractivity contribution in [2.75, 3.05) is 6.61 Å². The first-order valence-corrected chi connectivity index (χ1v) is 12.4. The lowest BCUT2D eigenvalue weighted by Gasteiger charge is -2.32. The van der Waals surface area contributed by atoms with Crippen LogP contribution in [0.3, 0.4) is 0 Å². The maximum Gasteiger partial charge on any atom is 0.435 e. The van der Waals surface area contributed by atoms with Gasteiger partial charge >= 0.3 is 6.18 Å². The molecular weight excluding hydrogens is 534 g/mol. The predicted octanol–water partition coefficient (Wildman–Crippen LogP) is 5.31. The number of nitrogens with zero attached hydrogens (tertiary/aromatic N) is 2. The molecule has 0 spiro atoms. The van der Waals surface area contributed by atoms with E-state index in [2.05, 4.69) is 10.5 Å². The number of carbonyl (C=O) groups is 2. The zero-order chi connectivity index (χ0) is 26.5. The first-order chi connectivity index (χ1) is 17.5. The van der Waals surface area contributed by atoms with Crippen LogP contribution in [0.5, 0.6) is 0 Å². The summed E-state index contributed by atoms with van der Waals surface area (Å²) in [7, 11) is 0. The van der Waals surface area contributed by atoms with E-state index in [1.54, 1.807) is 13.0 Å². The van der Waals surface area contributed by atoms with Gasteiger partial charge in [0.05, 0.1) is 11.8 Å². The Labute approximate surface area is 220 Å². The minimum Gasteiger partial charge on any atom is -0.374 e. The molecule has 7 nitrogen and oxygen atoms in total. The molecule has 0 bridgehead atoms. The smallest absolute Gasteiger partial charge is 0.374 e. The predicted molar refractivity (Wildman–Crippen MR) is 129 cm³/mol. The van der Waals surface area contributed by atoms with E-state index < -0.39 is 30.1 Å². The second-order valence-electron chi connectivity index (χ2n) is 9.39. The SMILES string of the molecule is Cc1cc(C2=NOC(c3cc(Cl)cc(Cl)c3)(C(F)(F)F)C2)ccc1C(=O)NC1CON(C2CCC2)C1=O. The van der Waals surface area contributed by atoms with Gasteiger partial charge in [0.1, 0.15) is 12.6 Å². The zero-order valence-corrected chi connectivity index (χ0v) is 21.1. The van der Waals surface area contributed by atoms with Crippen molar-refractivity contribution in [3.8, 4) is 0 Å². The van der Waals surface area contributed by atoms with Crippen molar-refractivity contribution in [3.05, 3.63) is 68.7 Å². The molecule has 2 unspecified atom stereocenters. The Hall–Kier alpha value is -2.82. The largest absolute Gasteiger partial charge is 0.435 e. The molecule has 2 aliphatic heterocycles. The van der Waals surface area contributed by atoms with E-state index in [1.807, 2.05) is 0 Å². The number of nitrogens with one attached hydrogen (secondary N) is 1. The highest BCUT2D eigenvalue weighted by molar-refractivity contribution is 6.34. The van der Waals surface area contributed by atoms with Gasteiger partial charge in [-0.3, -0.25) is 14.4 Å². The lowest BCUT2D eigenvalue weighted by molar-refractivity contribution is -0.275. The number of oxime groups is 1. The van der Waals surface area contributed by atoms with E-state index in [4.69, 9.17) is 32.9 Å². The van der Waals surface area contributed by atoms with Crippen LogP contribution in [0.1, 0.15) is 52.7 Å². The third kappa shape index (κ3) is 4.66. The first-order valence-electron chi connectivity index (χ1n) is 11.6. The maximum atomic E-state index is 14.3. The number of halogens is 5. The lowest BCUT2D eigenvalue weighted by Crippen LogP contribution is -2.46. The molecule has 1 saturated heterocycles. The molecule has 2 aromatic rings. The molecule has 12 heteroatoms. The number of rotatable bonds is 5. The molecule has 2 amide bonds. The van der Waals surface area contributed by atoms with Gasteiger partial charge in [0.25, 0.3) is 17.4 Å². The van der Waals surface area contributed by atoms with Crippen molar-refractivity contribution >= 4 is 40.7 Å². The Morgan fingerprint density at radius 1 is 1.16 bits per heavy atom. The molecule has 1 saturated carbocycles. The summed E-state index contributed by atoms with van der Waals surface area (Å²) in [6, 6.07) is 7.43. The maximum absolute atomic E-state index is 14.3. The van der Waals surface area contributed by atoms with Crippen LogP contribution in [0.15, 0.2) is 41.6 Å². The monoisotopic (exact) mass is 555 g/mol. The summed E-state index contributed by atoms with van der Waals surface area (Å²) in [5, 5.41) is 7.87. The van der Waals surface area contributed by atoms with Crippen molar-refractivity contribution in [2.45, 2.75) is 56.5 Å². The summed E-state index contributed by atoms with van der Waals surface area (Å²) in [5.41, 5.74) is -1.82. The fraction of sp³-hybridized carbons (Fsp3) is 0.400. The molecule has 196 valence electrons. The number of aryl methyl sites for hydroxylation is 1. The fourth-order valence-electron chi connectivity index (χ4n) is 4.63. The standard InChI is InChI=1S/C25H22Cl2F3N3O4/c1-13-7-14(5-6-19(13)22(34)31-21-12-36-33(23(21)35)18-3-2-4-18)20-11-24(37-32-20,25(28,29)30)15-8-16(26)10-17(27)9-15/h5-10,18,21H,2-4,11-12H2,1H3,(H,31,34). The van der Waals surface area contributed by atoms with Crippen LogP contribution in [0.25, 0.3) is 0 Å². The molecule has 2 aromatic carbocycles. The molecule has 37 heavy (non-hydrogen) atoms. The first kappa shape index (κ1) is 25.8. The van der Waals surface area contributed by atoms with E-state index in [9.17, 15) is 22.8 Å². The van der Waals surface area contributed by atoms with Crippen LogP contribution >= 0.6 is 23.2 Å². The molecule has 3 aliphatic rings. The Kier molecular flexibility index (Phi) is 6.62. The molecule has 0 aromatic heterocycles. The number of hydrogen-bond donors (Lipinski definition) is 1. The van der Waals surface area contributed by atoms with Gasteiger partial charge in [-0.05, 0) is 67.6 Å². The van der Waals surface area contributed by atoms with Gasteiger partial charge in [0.2, 0.25) is 0 Å². The molecule has 0 radical (unpaired) electrons. The summed E-state index contributed by atoms with van der Waals surface area (Å²) in [6.07, 6.45) is -2.64. The van der Waals surface area contributed by atoms with Crippen molar-refractivity contribution in [1.82, 2.24) is 10.4 Å². The summed E-state index contributed by atoms with van der Waals surface area (Å²) in [6.45, 7) is 1.70. The van der Waals surface area contributed by atoms with Gasteiger partial charge in [0.15, 0.2) is 0 Å². The van der Waals surface area contributed by atoms with Crippen LogP contribution in [0, 0.1) is 6.92 Å². The van der Waals surface area contributed by atoms with Crippen molar-refractivity contribution in [3.63, 3.8) is 0 Å². The van der Waals surface area contributed by atoms with Gasteiger partial charge in [-0.2, -0.15) is 13.2 Å². The van der Waals surface area contributed by atoms with Crippen molar-refractivity contribution < 1.29 is 32.4 Å². The molecule has 1 aliphatic carbocycles. The van der Waals surface area contributed by atoms with Crippen molar-refractivity contribution in [2.24, 2.45) is 5.16 Å². The third-order valence-corrected chi connectivity index (χ3v) is 7.36. The Bertz CT molecular complexity index is 1280. The highest BCUT2D eigenvalue weighted by atomic mass is 35.5. The highest BCUT2D eigenvalue weighted by Crippen LogP contribution is 2.49. The number of hydrogen-bond acceptors (Lipinski definition) is 5. The van der Waals surface area contributed by atoms with Crippen LogP contribution < -0.4 is 5.32 Å². The summed E-state index contributed by atoms with van der Waals surface area (Å²) < 4.78 is 42.8. The summed E-state index contributed by atoms with van der Waals surface area (Å²) >= 11 is 11.9. The number of hydroxylamine groups is 2. The highest BCUT2D eigenvalue weighted by Gasteiger charge is 2.62. The molecule has 1 N–H and O–H groups in total. The quantitative estimate of drug-likeness (QED) is 0.542. The molecular formula is C25H22Cl2F3N3O4.